The largest absolute Gasteiger partial charge is 0.478 e. The first kappa shape index (κ1) is 15.0. The van der Waals surface area contributed by atoms with E-state index in [0.29, 0.717) is 19.4 Å². The van der Waals surface area contributed by atoms with Crippen LogP contribution in [0.5, 0.6) is 0 Å². The Balaban J connectivity index is 2.66. The van der Waals surface area contributed by atoms with Crippen molar-refractivity contribution in [2.45, 2.75) is 26.7 Å². The summed E-state index contributed by atoms with van der Waals surface area (Å²) in [5.41, 5.74) is 2.89. The van der Waals surface area contributed by atoms with Crippen LogP contribution in [0.15, 0.2) is 24.3 Å². The van der Waals surface area contributed by atoms with Gasteiger partial charge in [-0.2, -0.15) is 0 Å². The second-order valence-corrected chi connectivity index (χ2v) is 4.17. The van der Waals surface area contributed by atoms with Gasteiger partial charge < -0.3 is 9.84 Å². The number of hydrogen-bond acceptors (Lipinski definition) is 3. The van der Waals surface area contributed by atoms with E-state index in [9.17, 15) is 9.59 Å². The van der Waals surface area contributed by atoms with Crippen LogP contribution in [0, 0.1) is 6.92 Å². The molecular formula is C15H18O4. The summed E-state index contributed by atoms with van der Waals surface area (Å²) in [4.78, 5) is 21.7. The predicted molar refractivity (Wildman–Crippen MR) is 72.8 cm³/mol. The summed E-state index contributed by atoms with van der Waals surface area (Å²) < 4.78 is 4.87. The number of aryl methyl sites for hydroxylation is 2. The normalized spacial score (nSPS) is 10.6. The highest BCUT2D eigenvalue weighted by molar-refractivity contribution is 5.85. The van der Waals surface area contributed by atoms with Crippen LogP contribution in [0.4, 0.5) is 0 Å². The lowest BCUT2D eigenvalue weighted by molar-refractivity contribution is -0.143. The Hall–Kier alpha value is -2.10. The topological polar surface area (TPSA) is 63.6 Å². The first-order chi connectivity index (χ1) is 9.02. The minimum atomic E-state index is -0.967. The van der Waals surface area contributed by atoms with Crippen LogP contribution in [0.3, 0.4) is 0 Å². The van der Waals surface area contributed by atoms with Crippen molar-refractivity contribution in [3.05, 3.63) is 41.0 Å². The molecule has 0 aliphatic heterocycles. The van der Waals surface area contributed by atoms with Crippen LogP contribution in [0.1, 0.15) is 30.0 Å². The summed E-state index contributed by atoms with van der Waals surface area (Å²) in [6.45, 7) is 4.10. The molecule has 1 rings (SSSR count). The number of hydrogen-bond donors (Lipinski definition) is 1. The van der Waals surface area contributed by atoms with Crippen LogP contribution < -0.4 is 0 Å². The summed E-state index contributed by atoms with van der Waals surface area (Å²) in [7, 11) is 0. The number of carboxylic acids is 1. The van der Waals surface area contributed by atoms with Crippen LogP contribution >= 0.6 is 0 Å². The fraction of sp³-hybridized carbons (Fsp3) is 0.333. The Morgan fingerprint density at radius 2 is 2.11 bits per heavy atom. The van der Waals surface area contributed by atoms with Gasteiger partial charge in [-0.15, -0.1) is 0 Å². The van der Waals surface area contributed by atoms with E-state index in [0.717, 1.165) is 22.8 Å². The molecule has 0 unspecified atom stereocenters. The molecule has 0 spiro atoms. The molecule has 0 radical (unpaired) electrons. The molecule has 0 aromatic heterocycles. The van der Waals surface area contributed by atoms with E-state index < -0.39 is 5.97 Å². The van der Waals surface area contributed by atoms with Crippen molar-refractivity contribution < 1.29 is 19.4 Å². The van der Waals surface area contributed by atoms with Gasteiger partial charge in [-0.1, -0.05) is 18.2 Å². The van der Waals surface area contributed by atoms with E-state index in [2.05, 4.69) is 0 Å². The fourth-order valence-corrected chi connectivity index (χ4v) is 1.72. The Morgan fingerprint density at radius 3 is 2.68 bits per heavy atom. The minimum absolute atomic E-state index is 0.199. The van der Waals surface area contributed by atoms with Gasteiger partial charge in [0.1, 0.15) is 0 Å². The van der Waals surface area contributed by atoms with Gasteiger partial charge in [-0.25, -0.2) is 4.79 Å². The molecule has 0 aliphatic rings. The molecule has 0 saturated carbocycles. The van der Waals surface area contributed by atoms with Crippen LogP contribution in [0.25, 0.3) is 6.08 Å². The van der Waals surface area contributed by atoms with Gasteiger partial charge in [0.05, 0.1) is 6.61 Å². The second-order valence-electron chi connectivity index (χ2n) is 4.17. The summed E-state index contributed by atoms with van der Waals surface area (Å²) in [5.74, 6) is -1.17. The third kappa shape index (κ3) is 5.38. The summed E-state index contributed by atoms with van der Waals surface area (Å²) in [6.07, 6.45) is 3.66. The molecule has 0 aliphatic carbocycles. The molecule has 0 atom stereocenters. The standard InChI is InChI=1S/C15H18O4/c1-3-19-15(18)9-5-12-4-6-13(11(2)10-12)7-8-14(16)17/h4,6-8,10H,3,5,9H2,1-2H3,(H,16,17)/b8-7+. The van der Waals surface area contributed by atoms with Crippen molar-refractivity contribution in [3.8, 4) is 0 Å². The zero-order valence-electron chi connectivity index (χ0n) is 11.2. The second kappa shape index (κ2) is 7.36. The summed E-state index contributed by atoms with van der Waals surface area (Å²) >= 11 is 0. The quantitative estimate of drug-likeness (QED) is 0.632. The molecule has 0 amide bonds. The van der Waals surface area contributed by atoms with Crippen LogP contribution in [-0.2, 0) is 20.7 Å². The molecule has 19 heavy (non-hydrogen) atoms. The lowest BCUT2D eigenvalue weighted by atomic mass is 10.0. The number of carboxylic acid groups (broad SMARTS) is 1. The third-order valence-corrected chi connectivity index (χ3v) is 2.66. The minimum Gasteiger partial charge on any atom is -0.478 e. The highest BCUT2D eigenvalue weighted by Crippen LogP contribution is 2.14. The number of carbonyl (C=O) groups excluding carboxylic acids is 1. The maximum absolute atomic E-state index is 11.2. The number of esters is 1. The number of aliphatic carboxylic acids is 1. The molecule has 0 fully saturated rings. The van der Waals surface area contributed by atoms with Gasteiger partial charge in [0.15, 0.2) is 0 Å². The molecule has 4 heteroatoms. The molecule has 0 heterocycles. The van der Waals surface area contributed by atoms with Gasteiger partial charge >= 0.3 is 11.9 Å². The SMILES string of the molecule is CCOC(=O)CCc1ccc(/C=C/C(=O)O)c(C)c1. The maximum atomic E-state index is 11.2. The van der Waals surface area contributed by atoms with Crippen LogP contribution in [0.2, 0.25) is 0 Å². The van der Waals surface area contributed by atoms with Crippen molar-refractivity contribution in [2.24, 2.45) is 0 Å². The molecule has 102 valence electrons. The van der Waals surface area contributed by atoms with E-state index in [1.54, 1.807) is 13.0 Å². The zero-order valence-corrected chi connectivity index (χ0v) is 11.2. The van der Waals surface area contributed by atoms with E-state index >= 15 is 0 Å². The fourth-order valence-electron chi connectivity index (χ4n) is 1.72. The average Bonchev–Trinajstić information content (AvgIpc) is 2.35. The number of carbonyl (C=O) groups is 2. The van der Waals surface area contributed by atoms with E-state index in [1.165, 1.54) is 0 Å². The van der Waals surface area contributed by atoms with E-state index in [4.69, 9.17) is 9.84 Å². The molecule has 1 aromatic carbocycles. The lowest BCUT2D eigenvalue weighted by Gasteiger charge is -2.05. The predicted octanol–water partition coefficient (Wildman–Crippen LogP) is 2.59. The maximum Gasteiger partial charge on any atom is 0.328 e. The third-order valence-electron chi connectivity index (χ3n) is 2.66. The molecule has 1 aromatic rings. The van der Waals surface area contributed by atoms with Gasteiger partial charge in [0.2, 0.25) is 0 Å². The summed E-state index contributed by atoms with van der Waals surface area (Å²) in [6, 6.07) is 5.71. The van der Waals surface area contributed by atoms with Gasteiger partial charge in [-0.3, -0.25) is 4.79 Å². The number of ether oxygens (including phenoxy) is 1. The Labute approximate surface area is 112 Å². The van der Waals surface area contributed by atoms with E-state index in [1.807, 2.05) is 25.1 Å². The molecular weight excluding hydrogens is 244 g/mol. The Kier molecular flexibility index (Phi) is 5.79. The monoisotopic (exact) mass is 262 g/mol. The molecule has 1 N–H and O–H groups in total. The zero-order chi connectivity index (χ0) is 14.3. The van der Waals surface area contributed by atoms with Gasteiger partial charge in [0, 0.05) is 12.5 Å². The highest BCUT2D eigenvalue weighted by atomic mass is 16.5. The first-order valence-corrected chi connectivity index (χ1v) is 6.19. The van der Waals surface area contributed by atoms with Crippen LogP contribution in [-0.4, -0.2) is 23.7 Å². The molecule has 0 saturated heterocycles. The van der Waals surface area contributed by atoms with Crippen molar-refractivity contribution in [1.29, 1.82) is 0 Å². The average molecular weight is 262 g/mol. The van der Waals surface area contributed by atoms with Crippen molar-refractivity contribution in [2.75, 3.05) is 6.61 Å². The number of benzene rings is 1. The molecule has 4 nitrogen and oxygen atoms in total. The van der Waals surface area contributed by atoms with Crippen molar-refractivity contribution >= 4 is 18.0 Å². The molecule has 0 bridgehead atoms. The van der Waals surface area contributed by atoms with Gasteiger partial charge in [-0.05, 0) is 43.0 Å². The first-order valence-electron chi connectivity index (χ1n) is 6.19. The van der Waals surface area contributed by atoms with Gasteiger partial charge in [0.25, 0.3) is 0 Å². The summed E-state index contributed by atoms with van der Waals surface area (Å²) in [5, 5.41) is 8.58. The van der Waals surface area contributed by atoms with Crippen molar-refractivity contribution in [3.63, 3.8) is 0 Å². The number of rotatable bonds is 6. The lowest BCUT2D eigenvalue weighted by Crippen LogP contribution is -2.05. The highest BCUT2D eigenvalue weighted by Gasteiger charge is 2.04. The smallest absolute Gasteiger partial charge is 0.328 e. The Bertz CT molecular complexity index is 489. The van der Waals surface area contributed by atoms with E-state index in [-0.39, 0.29) is 5.97 Å². The van der Waals surface area contributed by atoms with Crippen molar-refractivity contribution in [1.82, 2.24) is 0 Å². The Morgan fingerprint density at radius 1 is 1.37 bits per heavy atom.